The summed E-state index contributed by atoms with van der Waals surface area (Å²) >= 11 is 1.16. The number of aliphatic hydroxyl groups is 1. The minimum absolute atomic E-state index is 0.0912. The van der Waals surface area contributed by atoms with Crippen LogP contribution in [0.15, 0.2) is 63.9 Å². The van der Waals surface area contributed by atoms with Crippen molar-refractivity contribution in [1.29, 1.82) is 5.26 Å². The van der Waals surface area contributed by atoms with Gasteiger partial charge in [-0.05, 0) is 30.7 Å². The van der Waals surface area contributed by atoms with Gasteiger partial charge in [0.1, 0.15) is 17.4 Å². The number of hydrogen-bond donors (Lipinski definition) is 1. The fourth-order valence-electron chi connectivity index (χ4n) is 3.00. The first-order chi connectivity index (χ1) is 14.1. The molecule has 0 atom stereocenters. The monoisotopic (exact) mass is 403 g/mol. The lowest BCUT2D eigenvalue weighted by molar-refractivity contribution is 0.418. The van der Waals surface area contributed by atoms with E-state index in [4.69, 9.17) is 4.42 Å². The Bertz CT molecular complexity index is 1270. The van der Waals surface area contributed by atoms with Crippen LogP contribution in [0, 0.1) is 18.3 Å². The predicted octanol–water partition coefficient (Wildman–Crippen LogP) is 4.52. The van der Waals surface area contributed by atoms with E-state index in [2.05, 4.69) is 21.3 Å². The maximum atomic E-state index is 10.5. The van der Waals surface area contributed by atoms with E-state index in [1.165, 1.54) is 0 Å². The molecule has 0 fully saturated rings. The highest BCUT2D eigenvalue weighted by Gasteiger charge is 2.18. The fourth-order valence-corrected chi connectivity index (χ4v) is 3.65. The van der Waals surface area contributed by atoms with Crippen LogP contribution in [0.4, 0.5) is 0 Å². The number of para-hydroxylation sites is 2. The molecule has 0 aliphatic carbocycles. The highest BCUT2D eigenvalue weighted by atomic mass is 32.2. The molecule has 144 valence electrons. The molecule has 29 heavy (non-hydrogen) atoms. The number of benzene rings is 2. The minimum Gasteiger partial charge on any atom is -0.510 e. The number of rotatable bonds is 5. The van der Waals surface area contributed by atoms with Crippen molar-refractivity contribution in [2.45, 2.75) is 12.1 Å². The number of allylic oxidation sites excluding steroid dienone is 1. The number of imidazole rings is 1. The zero-order valence-electron chi connectivity index (χ0n) is 15.8. The molecule has 0 saturated carbocycles. The van der Waals surface area contributed by atoms with Gasteiger partial charge >= 0.3 is 0 Å². The Hall–Kier alpha value is -3.57. The quantitative estimate of drug-likeness (QED) is 0.297. The first-order valence-corrected chi connectivity index (χ1v) is 9.83. The van der Waals surface area contributed by atoms with Crippen molar-refractivity contribution in [2.24, 2.45) is 7.05 Å². The van der Waals surface area contributed by atoms with Crippen LogP contribution in [0.2, 0.25) is 0 Å². The van der Waals surface area contributed by atoms with E-state index >= 15 is 0 Å². The number of aliphatic hydroxyl groups excluding tert-OH is 1. The van der Waals surface area contributed by atoms with Crippen LogP contribution in [0.5, 0.6) is 0 Å². The van der Waals surface area contributed by atoms with E-state index in [9.17, 15) is 10.4 Å². The van der Waals surface area contributed by atoms with Crippen LogP contribution in [0.3, 0.4) is 0 Å². The standard InChI is InChI=1S/C21H17N5O2S/c1-13-7-3-4-8-14(13)20-24-25-21(28-20)29-12-18(27)15(11-22)19-23-16-9-5-6-10-17(16)26(19)2/h3-10,27H,12H2,1-2H3/b18-15+. The Morgan fingerprint density at radius 2 is 1.93 bits per heavy atom. The van der Waals surface area contributed by atoms with E-state index < -0.39 is 0 Å². The zero-order valence-corrected chi connectivity index (χ0v) is 16.6. The molecule has 0 aliphatic rings. The third kappa shape index (κ3) is 3.60. The Balaban J connectivity index is 1.57. The molecule has 0 spiro atoms. The van der Waals surface area contributed by atoms with Gasteiger partial charge in [-0.25, -0.2) is 4.98 Å². The van der Waals surface area contributed by atoms with Gasteiger partial charge in [0, 0.05) is 12.6 Å². The lowest BCUT2D eigenvalue weighted by Gasteiger charge is -2.04. The summed E-state index contributed by atoms with van der Waals surface area (Å²) in [7, 11) is 1.81. The number of nitrogens with zero attached hydrogens (tertiary/aromatic N) is 5. The van der Waals surface area contributed by atoms with Crippen LogP contribution >= 0.6 is 11.8 Å². The molecule has 2 aromatic carbocycles. The van der Waals surface area contributed by atoms with Crippen molar-refractivity contribution >= 4 is 28.4 Å². The summed E-state index contributed by atoms with van der Waals surface area (Å²) in [4.78, 5) is 4.47. The Morgan fingerprint density at radius 1 is 1.17 bits per heavy atom. The van der Waals surface area contributed by atoms with E-state index in [1.54, 1.807) is 4.57 Å². The second-order valence-electron chi connectivity index (χ2n) is 6.39. The molecular weight excluding hydrogens is 386 g/mol. The van der Waals surface area contributed by atoms with Gasteiger partial charge in [-0.15, -0.1) is 10.2 Å². The van der Waals surface area contributed by atoms with Gasteiger partial charge in [-0.3, -0.25) is 0 Å². The molecule has 0 unspecified atom stereocenters. The molecule has 2 aromatic heterocycles. The van der Waals surface area contributed by atoms with Crippen molar-refractivity contribution in [1.82, 2.24) is 19.7 Å². The predicted molar refractivity (Wildman–Crippen MR) is 111 cm³/mol. The zero-order chi connectivity index (χ0) is 20.4. The SMILES string of the molecule is Cc1ccccc1-c1nnc(SC/C(O)=C(/C#N)c2nc3ccccc3n2C)o1. The lowest BCUT2D eigenvalue weighted by atomic mass is 10.1. The van der Waals surface area contributed by atoms with Crippen LogP contribution in [0.25, 0.3) is 28.1 Å². The third-order valence-electron chi connectivity index (χ3n) is 4.53. The van der Waals surface area contributed by atoms with Gasteiger partial charge in [0.15, 0.2) is 5.82 Å². The normalized spacial score (nSPS) is 12.0. The lowest BCUT2D eigenvalue weighted by Crippen LogP contribution is -2.00. The molecule has 4 rings (SSSR count). The molecule has 0 amide bonds. The summed E-state index contributed by atoms with van der Waals surface area (Å²) in [6, 6.07) is 17.4. The molecule has 4 aromatic rings. The van der Waals surface area contributed by atoms with Crippen LogP contribution in [0.1, 0.15) is 11.4 Å². The van der Waals surface area contributed by atoms with E-state index in [0.29, 0.717) is 16.9 Å². The van der Waals surface area contributed by atoms with Gasteiger partial charge in [0.05, 0.1) is 16.8 Å². The number of aryl methyl sites for hydroxylation is 2. The molecule has 2 heterocycles. The van der Waals surface area contributed by atoms with Crippen molar-refractivity contribution < 1.29 is 9.52 Å². The fraction of sp³-hybridized carbons (Fsp3) is 0.143. The van der Waals surface area contributed by atoms with Crippen LogP contribution in [-0.4, -0.2) is 30.6 Å². The molecule has 7 nitrogen and oxygen atoms in total. The molecule has 0 aliphatic heterocycles. The first kappa shape index (κ1) is 18.8. The van der Waals surface area contributed by atoms with Crippen molar-refractivity contribution in [3.05, 3.63) is 65.7 Å². The van der Waals surface area contributed by atoms with Gasteiger partial charge in [-0.1, -0.05) is 42.1 Å². The maximum absolute atomic E-state index is 10.5. The first-order valence-electron chi connectivity index (χ1n) is 8.85. The molecule has 1 N–H and O–H groups in total. The van der Waals surface area contributed by atoms with E-state index in [-0.39, 0.29) is 17.1 Å². The highest BCUT2D eigenvalue weighted by Crippen LogP contribution is 2.28. The summed E-state index contributed by atoms with van der Waals surface area (Å²) in [6.45, 7) is 1.97. The summed E-state index contributed by atoms with van der Waals surface area (Å²) < 4.78 is 7.48. The van der Waals surface area contributed by atoms with Gasteiger partial charge in [0.2, 0.25) is 5.89 Å². The Labute approximate surface area is 171 Å². The Morgan fingerprint density at radius 3 is 2.69 bits per heavy atom. The average Bonchev–Trinajstić information content (AvgIpc) is 3.33. The number of fused-ring (bicyclic) bond motifs is 1. The number of nitriles is 1. The topological polar surface area (TPSA) is 101 Å². The molecule has 0 radical (unpaired) electrons. The Kier molecular flexibility index (Phi) is 5.06. The van der Waals surface area contributed by atoms with E-state index in [0.717, 1.165) is 33.9 Å². The number of thioether (sulfide) groups is 1. The van der Waals surface area contributed by atoms with Crippen molar-refractivity contribution in [3.8, 4) is 17.5 Å². The summed E-state index contributed by atoms with van der Waals surface area (Å²) in [6.07, 6.45) is 0. The minimum atomic E-state index is -0.0912. The largest absolute Gasteiger partial charge is 0.510 e. The van der Waals surface area contributed by atoms with Crippen molar-refractivity contribution in [2.75, 3.05) is 5.75 Å². The van der Waals surface area contributed by atoms with Crippen molar-refractivity contribution in [3.63, 3.8) is 0 Å². The van der Waals surface area contributed by atoms with Gasteiger partial charge in [-0.2, -0.15) is 5.26 Å². The third-order valence-corrected chi connectivity index (χ3v) is 5.36. The number of hydrogen-bond acceptors (Lipinski definition) is 7. The van der Waals surface area contributed by atoms with Gasteiger partial charge in [0.25, 0.3) is 5.22 Å². The second-order valence-corrected chi connectivity index (χ2v) is 7.32. The molecule has 0 bridgehead atoms. The smallest absolute Gasteiger partial charge is 0.277 e. The second kappa shape index (κ2) is 7.81. The van der Waals surface area contributed by atoms with Crippen LogP contribution < -0.4 is 0 Å². The highest BCUT2D eigenvalue weighted by molar-refractivity contribution is 7.99. The average molecular weight is 403 g/mol. The van der Waals surface area contributed by atoms with Crippen LogP contribution in [-0.2, 0) is 7.05 Å². The summed E-state index contributed by atoms with van der Waals surface area (Å²) in [5.74, 6) is 0.857. The molecule has 0 saturated heterocycles. The van der Waals surface area contributed by atoms with Gasteiger partial charge < -0.3 is 14.1 Å². The number of aromatic nitrogens is 4. The molecule has 8 heteroatoms. The summed E-state index contributed by atoms with van der Waals surface area (Å²) in [5.41, 5.74) is 3.66. The maximum Gasteiger partial charge on any atom is 0.277 e. The molecular formula is C21H17N5O2S. The van der Waals surface area contributed by atoms with E-state index in [1.807, 2.05) is 62.5 Å². The summed E-state index contributed by atoms with van der Waals surface area (Å²) in [5, 5.41) is 28.5.